The Bertz CT molecular complexity index is 1270. The van der Waals surface area contributed by atoms with Gasteiger partial charge >= 0.3 is 0 Å². The molecule has 3 aliphatic heterocycles. The number of nitrogens with one attached hydrogen (secondary N) is 1. The van der Waals surface area contributed by atoms with Crippen LogP contribution in [0, 0.1) is 5.92 Å². The van der Waals surface area contributed by atoms with Crippen LogP contribution in [0.25, 0.3) is 22.0 Å². The van der Waals surface area contributed by atoms with Gasteiger partial charge in [-0.3, -0.25) is 9.78 Å². The first kappa shape index (κ1) is 23.2. The molecule has 0 spiro atoms. The summed E-state index contributed by atoms with van der Waals surface area (Å²) in [4.78, 5) is 26.9. The SMILES string of the molecule is CC[C@H]1CNc2c(-c3ccc(OCCCN4CCCCC4)nc3)ccc3ncc4c(c23)C1C(=O)N4C. The van der Waals surface area contributed by atoms with Crippen LogP contribution in [0.1, 0.15) is 50.5 Å². The average Bonchev–Trinajstić information content (AvgIpc) is 3.06. The lowest BCUT2D eigenvalue weighted by Gasteiger charge is -2.26. The fourth-order valence-electron chi connectivity index (χ4n) is 6.20. The van der Waals surface area contributed by atoms with Crippen LogP contribution in [0.3, 0.4) is 0 Å². The molecule has 0 saturated carbocycles. The molecule has 1 amide bonds. The highest BCUT2D eigenvalue weighted by molar-refractivity contribution is 6.14. The number of aromatic nitrogens is 2. The molecule has 0 bridgehead atoms. The van der Waals surface area contributed by atoms with Crippen LogP contribution in [0.15, 0.2) is 36.7 Å². The molecule has 7 nitrogen and oxygen atoms in total. The third-order valence-corrected chi connectivity index (χ3v) is 8.23. The molecule has 1 N–H and O–H groups in total. The normalized spacial score (nSPS) is 21.5. The molecule has 1 fully saturated rings. The lowest BCUT2D eigenvalue weighted by Crippen LogP contribution is -2.31. The Labute approximate surface area is 212 Å². The summed E-state index contributed by atoms with van der Waals surface area (Å²) in [6, 6.07) is 8.22. The van der Waals surface area contributed by atoms with Gasteiger partial charge in [-0.1, -0.05) is 25.8 Å². The molecule has 0 aliphatic carbocycles. The van der Waals surface area contributed by atoms with Crippen molar-refractivity contribution >= 4 is 28.2 Å². The number of carbonyl (C=O) groups excluding carboxylic acids is 1. The highest BCUT2D eigenvalue weighted by atomic mass is 16.5. The van der Waals surface area contributed by atoms with E-state index in [1.165, 1.54) is 32.4 Å². The van der Waals surface area contributed by atoms with Gasteiger partial charge in [-0.05, 0) is 50.4 Å². The van der Waals surface area contributed by atoms with Gasteiger partial charge in [0.05, 0.1) is 35.6 Å². The van der Waals surface area contributed by atoms with Crippen molar-refractivity contribution in [1.82, 2.24) is 14.9 Å². The molecular formula is C29H35N5O2. The number of carbonyl (C=O) groups is 1. The Morgan fingerprint density at radius 3 is 2.72 bits per heavy atom. The zero-order valence-electron chi connectivity index (χ0n) is 21.3. The van der Waals surface area contributed by atoms with Gasteiger partial charge in [0, 0.05) is 54.5 Å². The number of rotatable bonds is 7. The first-order valence-electron chi connectivity index (χ1n) is 13.4. The van der Waals surface area contributed by atoms with Crippen LogP contribution in [0.4, 0.5) is 11.4 Å². The summed E-state index contributed by atoms with van der Waals surface area (Å²) in [6.45, 7) is 7.15. The number of likely N-dealkylation sites (tertiary alicyclic amines) is 1. The Morgan fingerprint density at radius 2 is 1.94 bits per heavy atom. The molecule has 1 unspecified atom stereocenters. The predicted octanol–water partition coefficient (Wildman–Crippen LogP) is 5.06. The van der Waals surface area contributed by atoms with E-state index in [0.717, 1.165) is 64.9 Å². The number of hydrogen-bond donors (Lipinski definition) is 1. The van der Waals surface area contributed by atoms with Crippen molar-refractivity contribution in [3.8, 4) is 17.0 Å². The Balaban J connectivity index is 1.26. The second-order valence-corrected chi connectivity index (χ2v) is 10.4. The first-order chi connectivity index (χ1) is 17.7. The first-order valence-corrected chi connectivity index (χ1v) is 13.4. The Kier molecular flexibility index (Phi) is 6.25. The van der Waals surface area contributed by atoms with E-state index in [1.807, 2.05) is 25.5 Å². The van der Waals surface area contributed by atoms with E-state index >= 15 is 0 Å². The van der Waals surface area contributed by atoms with Gasteiger partial charge in [0.1, 0.15) is 0 Å². The number of likely N-dealkylation sites (N-methyl/N-ethyl adjacent to an activating group) is 1. The van der Waals surface area contributed by atoms with Gasteiger partial charge in [0.2, 0.25) is 11.8 Å². The highest BCUT2D eigenvalue weighted by Crippen LogP contribution is 2.50. The highest BCUT2D eigenvalue weighted by Gasteiger charge is 2.43. The zero-order chi connectivity index (χ0) is 24.6. The number of hydrogen-bond acceptors (Lipinski definition) is 6. The molecule has 3 aromatic rings. The summed E-state index contributed by atoms with van der Waals surface area (Å²) < 4.78 is 5.95. The van der Waals surface area contributed by atoms with Gasteiger partial charge in [-0.2, -0.15) is 0 Å². The minimum Gasteiger partial charge on any atom is -0.478 e. The maximum absolute atomic E-state index is 13.2. The zero-order valence-corrected chi connectivity index (χ0v) is 21.3. The summed E-state index contributed by atoms with van der Waals surface area (Å²) >= 11 is 0. The molecule has 1 saturated heterocycles. The number of benzene rings is 1. The summed E-state index contributed by atoms with van der Waals surface area (Å²) in [5, 5.41) is 4.77. The number of ether oxygens (including phenoxy) is 1. The Hall–Kier alpha value is -3.19. The lowest BCUT2D eigenvalue weighted by molar-refractivity contribution is -0.120. The molecule has 36 heavy (non-hydrogen) atoms. The van der Waals surface area contributed by atoms with E-state index in [2.05, 4.69) is 40.3 Å². The number of piperidine rings is 1. The topological polar surface area (TPSA) is 70.6 Å². The van der Waals surface area contributed by atoms with E-state index in [9.17, 15) is 4.79 Å². The smallest absolute Gasteiger partial charge is 0.234 e. The van der Waals surface area contributed by atoms with Crippen LogP contribution in [0.2, 0.25) is 0 Å². The van der Waals surface area contributed by atoms with E-state index in [4.69, 9.17) is 9.72 Å². The van der Waals surface area contributed by atoms with Crippen LogP contribution in [-0.4, -0.2) is 60.6 Å². The minimum atomic E-state index is -0.122. The van der Waals surface area contributed by atoms with E-state index in [-0.39, 0.29) is 17.7 Å². The van der Waals surface area contributed by atoms with Gasteiger partial charge in [0.25, 0.3) is 0 Å². The molecular weight excluding hydrogens is 450 g/mol. The molecule has 188 valence electrons. The maximum Gasteiger partial charge on any atom is 0.234 e. The van der Waals surface area contributed by atoms with Gasteiger partial charge in [-0.25, -0.2) is 4.98 Å². The summed E-state index contributed by atoms with van der Waals surface area (Å²) in [5.41, 5.74) is 6.15. The van der Waals surface area contributed by atoms with E-state index in [1.54, 1.807) is 4.90 Å². The monoisotopic (exact) mass is 485 g/mol. The van der Waals surface area contributed by atoms with Crippen molar-refractivity contribution in [2.24, 2.45) is 5.92 Å². The molecule has 5 heterocycles. The summed E-state index contributed by atoms with van der Waals surface area (Å²) in [7, 11) is 1.87. The largest absolute Gasteiger partial charge is 0.478 e. The molecule has 2 aromatic heterocycles. The third kappa shape index (κ3) is 3.99. The van der Waals surface area contributed by atoms with Crippen LogP contribution in [-0.2, 0) is 4.79 Å². The second-order valence-electron chi connectivity index (χ2n) is 10.4. The fraction of sp³-hybridized carbons (Fsp3) is 0.483. The fourth-order valence-corrected chi connectivity index (χ4v) is 6.20. The number of pyridine rings is 2. The third-order valence-electron chi connectivity index (χ3n) is 8.23. The molecule has 3 aliphatic rings. The van der Waals surface area contributed by atoms with Gasteiger partial charge in [-0.15, -0.1) is 0 Å². The molecule has 1 aromatic carbocycles. The molecule has 6 rings (SSSR count). The van der Waals surface area contributed by atoms with Crippen LogP contribution in [0.5, 0.6) is 5.88 Å². The maximum atomic E-state index is 13.2. The van der Waals surface area contributed by atoms with Crippen molar-refractivity contribution in [1.29, 1.82) is 0 Å². The standard InChI is InChI=1S/C29H35N5O2/c1-3-19-16-32-28-21(9-10-22-26(28)27-23(18-30-22)33(2)29(35)25(19)27)20-8-11-24(31-17-20)36-15-7-14-34-12-5-4-6-13-34/h8-11,17-19,25,32H,3-7,12-16H2,1-2H3/t19-,25?/m0/s1. The summed E-state index contributed by atoms with van der Waals surface area (Å²) in [6.07, 6.45) is 9.72. The quantitative estimate of drug-likeness (QED) is 0.472. The lowest BCUT2D eigenvalue weighted by atomic mass is 9.84. The van der Waals surface area contributed by atoms with Crippen molar-refractivity contribution in [2.45, 2.75) is 44.9 Å². The number of anilines is 2. The second kappa shape index (κ2) is 9.69. The summed E-state index contributed by atoms with van der Waals surface area (Å²) in [5.74, 6) is 0.960. The van der Waals surface area contributed by atoms with Crippen molar-refractivity contribution in [3.63, 3.8) is 0 Å². The van der Waals surface area contributed by atoms with Gasteiger partial charge in [0.15, 0.2) is 0 Å². The number of amides is 1. The van der Waals surface area contributed by atoms with Crippen molar-refractivity contribution in [3.05, 3.63) is 42.2 Å². The van der Waals surface area contributed by atoms with Crippen molar-refractivity contribution in [2.75, 3.05) is 50.1 Å². The molecule has 0 radical (unpaired) electrons. The van der Waals surface area contributed by atoms with Crippen LogP contribution >= 0.6 is 0 Å². The van der Waals surface area contributed by atoms with E-state index < -0.39 is 0 Å². The predicted molar refractivity (Wildman–Crippen MR) is 144 cm³/mol. The molecule has 7 heteroatoms. The van der Waals surface area contributed by atoms with Crippen LogP contribution < -0.4 is 15.0 Å². The molecule has 2 atom stereocenters. The Morgan fingerprint density at radius 1 is 1.08 bits per heavy atom. The minimum absolute atomic E-state index is 0.122. The number of nitrogens with zero attached hydrogens (tertiary/aromatic N) is 4. The van der Waals surface area contributed by atoms with Gasteiger partial charge < -0.3 is 19.9 Å². The average molecular weight is 486 g/mol. The van der Waals surface area contributed by atoms with E-state index in [0.29, 0.717) is 12.5 Å². The van der Waals surface area contributed by atoms with Crippen molar-refractivity contribution < 1.29 is 9.53 Å².